The first-order valence-electron chi connectivity index (χ1n) is 13.0. The van der Waals surface area contributed by atoms with Crippen molar-refractivity contribution >= 4 is 0 Å². The van der Waals surface area contributed by atoms with Crippen molar-refractivity contribution in [2.45, 2.75) is 99.8 Å². The van der Waals surface area contributed by atoms with Crippen LogP contribution in [-0.2, 0) is 0 Å². The minimum Gasteiger partial charge on any atom is -0.0852 e. The van der Waals surface area contributed by atoms with Gasteiger partial charge < -0.3 is 0 Å². The molecule has 0 aromatic heterocycles. The van der Waals surface area contributed by atoms with Gasteiger partial charge in [-0.25, -0.2) is 0 Å². The van der Waals surface area contributed by atoms with Crippen LogP contribution in [0.1, 0.15) is 99.8 Å². The Morgan fingerprint density at radius 2 is 1.69 bits per heavy atom. The van der Waals surface area contributed by atoms with Gasteiger partial charge in [-0.05, 0) is 110 Å². The molecule has 0 nitrogen and oxygen atoms in total. The normalized spacial score (nSPS) is 46.8. The third-order valence-corrected chi connectivity index (χ3v) is 10.8. The van der Waals surface area contributed by atoms with Gasteiger partial charge >= 0.3 is 0 Å². The summed E-state index contributed by atoms with van der Waals surface area (Å²) >= 11 is 0. The van der Waals surface area contributed by atoms with E-state index in [0.29, 0.717) is 16.7 Å². The molecular weight excluding hydrogens is 348 g/mol. The number of hydrogen-bond donors (Lipinski definition) is 0. The standard InChI is InChI=1S/C29H48/c1-19(2)21(4)8-9-22(5)25-12-13-26-24-11-10-23-18-20(3)14-16-28(23,6)27(24)15-17-29(25,26)7/h8-10,19-22,24-27H,11-18H2,1-7H3/b9-8+/t20-,21-,22+,24?,25+,26-,27-,28-,29+/m0/s1. The fraction of sp³-hybridized carbons (Fsp3) is 0.862. The van der Waals surface area contributed by atoms with Gasteiger partial charge in [0.25, 0.3) is 0 Å². The zero-order valence-corrected chi connectivity index (χ0v) is 20.5. The van der Waals surface area contributed by atoms with Crippen molar-refractivity contribution in [3.8, 4) is 0 Å². The molecule has 164 valence electrons. The lowest BCUT2D eigenvalue weighted by Crippen LogP contribution is -2.50. The highest BCUT2D eigenvalue weighted by atomic mass is 14.6. The summed E-state index contributed by atoms with van der Waals surface area (Å²) < 4.78 is 0. The molecule has 0 aromatic carbocycles. The molecule has 0 radical (unpaired) electrons. The molecule has 0 N–H and O–H groups in total. The van der Waals surface area contributed by atoms with Crippen molar-refractivity contribution in [1.82, 2.24) is 0 Å². The molecule has 0 saturated heterocycles. The van der Waals surface area contributed by atoms with Gasteiger partial charge in [0.1, 0.15) is 0 Å². The van der Waals surface area contributed by atoms with Crippen molar-refractivity contribution in [2.75, 3.05) is 0 Å². The third-order valence-electron chi connectivity index (χ3n) is 10.8. The average Bonchev–Trinajstić information content (AvgIpc) is 3.03. The predicted molar refractivity (Wildman–Crippen MR) is 127 cm³/mol. The minimum absolute atomic E-state index is 0.535. The first-order chi connectivity index (χ1) is 13.7. The van der Waals surface area contributed by atoms with Gasteiger partial charge in [0.15, 0.2) is 0 Å². The number of allylic oxidation sites excluding steroid dienone is 4. The molecule has 3 saturated carbocycles. The van der Waals surface area contributed by atoms with E-state index in [2.05, 4.69) is 66.7 Å². The molecule has 0 aliphatic heterocycles. The van der Waals surface area contributed by atoms with Crippen molar-refractivity contribution in [1.29, 1.82) is 0 Å². The van der Waals surface area contributed by atoms with Crippen molar-refractivity contribution in [3.63, 3.8) is 0 Å². The van der Waals surface area contributed by atoms with Crippen LogP contribution in [0.3, 0.4) is 0 Å². The van der Waals surface area contributed by atoms with E-state index in [1.807, 2.05) is 5.57 Å². The Kier molecular flexibility index (Phi) is 5.89. The summed E-state index contributed by atoms with van der Waals surface area (Å²) in [6.45, 7) is 17.5. The highest BCUT2D eigenvalue weighted by Gasteiger charge is 2.58. The van der Waals surface area contributed by atoms with Gasteiger partial charge in [0, 0.05) is 0 Å². The number of hydrogen-bond acceptors (Lipinski definition) is 0. The van der Waals surface area contributed by atoms with E-state index >= 15 is 0 Å². The van der Waals surface area contributed by atoms with Crippen molar-refractivity contribution in [2.24, 2.45) is 58.2 Å². The highest BCUT2D eigenvalue weighted by Crippen LogP contribution is 2.67. The van der Waals surface area contributed by atoms with Gasteiger partial charge in [-0.1, -0.05) is 72.3 Å². The van der Waals surface area contributed by atoms with Gasteiger partial charge in [0.05, 0.1) is 0 Å². The summed E-state index contributed by atoms with van der Waals surface area (Å²) in [7, 11) is 0. The SMILES string of the molecule is CC(C)[C@@H](C)/C=C/[C@@H](C)[C@H]1CC[C@H]2C3CC=C4C[C@@H](C)CC[C@]4(C)[C@H]3CC[C@]12C. The Balaban J connectivity index is 1.53. The van der Waals surface area contributed by atoms with Gasteiger partial charge in [0.2, 0.25) is 0 Å². The minimum atomic E-state index is 0.535. The lowest BCUT2D eigenvalue weighted by molar-refractivity contribution is -0.0486. The van der Waals surface area contributed by atoms with Crippen LogP contribution in [0, 0.1) is 58.2 Å². The van der Waals surface area contributed by atoms with Crippen LogP contribution >= 0.6 is 0 Å². The molecule has 0 heterocycles. The molecule has 29 heavy (non-hydrogen) atoms. The fourth-order valence-corrected chi connectivity index (χ4v) is 8.45. The zero-order chi connectivity index (χ0) is 21.0. The largest absolute Gasteiger partial charge is 0.0852 e. The molecule has 9 atom stereocenters. The first kappa shape index (κ1) is 21.7. The van der Waals surface area contributed by atoms with Crippen LogP contribution in [0.4, 0.5) is 0 Å². The highest BCUT2D eigenvalue weighted by molar-refractivity contribution is 5.25. The summed E-state index contributed by atoms with van der Waals surface area (Å²) in [6.07, 6.45) is 19.5. The molecule has 1 unspecified atom stereocenters. The Morgan fingerprint density at radius 1 is 0.931 bits per heavy atom. The van der Waals surface area contributed by atoms with Crippen molar-refractivity contribution in [3.05, 3.63) is 23.8 Å². The summed E-state index contributed by atoms with van der Waals surface area (Å²) in [5.41, 5.74) is 2.97. The van der Waals surface area contributed by atoms with Gasteiger partial charge in [-0.3, -0.25) is 0 Å². The van der Waals surface area contributed by atoms with Gasteiger partial charge in [-0.15, -0.1) is 0 Å². The topological polar surface area (TPSA) is 0 Å². The second-order valence-corrected chi connectivity index (χ2v) is 12.7. The summed E-state index contributed by atoms with van der Waals surface area (Å²) in [4.78, 5) is 0. The predicted octanol–water partition coefficient (Wildman–Crippen LogP) is 8.69. The maximum Gasteiger partial charge on any atom is -0.00851 e. The zero-order valence-electron chi connectivity index (χ0n) is 20.5. The quantitative estimate of drug-likeness (QED) is 0.417. The molecule has 0 aromatic rings. The molecular formula is C29H48. The summed E-state index contributed by atoms with van der Waals surface area (Å²) in [5, 5.41) is 0. The Morgan fingerprint density at radius 3 is 2.41 bits per heavy atom. The lowest BCUT2D eigenvalue weighted by Gasteiger charge is -2.58. The van der Waals surface area contributed by atoms with E-state index in [1.165, 1.54) is 51.4 Å². The van der Waals surface area contributed by atoms with E-state index in [0.717, 1.165) is 41.4 Å². The summed E-state index contributed by atoms with van der Waals surface area (Å²) in [5.74, 6) is 6.91. The Labute approximate surface area is 182 Å². The van der Waals surface area contributed by atoms with E-state index in [9.17, 15) is 0 Å². The second kappa shape index (κ2) is 7.87. The van der Waals surface area contributed by atoms with E-state index in [-0.39, 0.29) is 0 Å². The molecule has 0 bridgehead atoms. The molecule has 4 aliphatic rings. The monoisotopic (exact) mass is 396 g/mol. The molecule has 0 heteroatoms. The van der Waals surface area contributed by atoms with Crippen LogP contribution in [0.5, 0.6) is 0 Å². The van der Waals surface area contributed by atoms with E-state index < -0.39 is 0 Å². The van der Waals surface area contributed by atoms with Crippen LogP contribution in [0.25, 0.3) is 0 Å². The Bertz CT molecular complexity index is 653. The number of fused-ring (bicyclic) bond motifs is 5. The smallest absolute Gasteiger partial charge is 0.00851 e. The molecule has 4 aliphatic carbocycles. The van der Waals surface area contributed by atoms with Gasteiger partial charge in [-0.2, -0.15) is 0 Å². The number of rotatable bonds is 4. The van der Waals surface area contributed by atoms with Crippen LogP contribution in [-0.4, -0.2) is 0 Å². The van der Waals surface area contributed by atoms with E-state index in [1.54, 1.807) is 0 Å². The first-order valence-corrected chi connectivity index (χ1v) is 13.0. The van der Waals surface area contributed by atoms with Crippen molar-refractivity contribution < 1.29 is 0 Å². The van der Waals surface area contributed by atoms with Crippen LogP contribution in [0.2, 0.25) is 0 Å². The molecule has 0 amide bonds. The summed E-state index contributed by atoms with van der Waals surface area (Å²) in [6, 6.07) is 0. The van der Waals surface area contributed by atoms with Crippen LogP contribution in [0.15, 0.2) is 23.8 Å². The maximum atomic E-state index is 2.74. The van der Waals surface area contributed by atoms with E-state index in [4.69, 9.17) is 0 Å². The second-order valence-electron chi connectivity index (χ2n) is 12.7. The molecule has 3 fully saturated rings. The maximum absolute atomic E-state index is 2.74. The Hall–Kier alpha value is -0.520. The lowest BCUT2D eigenvalue weighted by atomic mass is 9.46. The fourth-order valence-electron chi connectivity index (χ4n) is 8.45. The third kappa shape index (κ3) is 3.59. The molecule has 0 spiro atoms. The van der Waals surface area contributed by atoms with Crippen LogP contribution < -0.4 is 0 Å². The average molecular weight is 397 g/mol. The molecule has 4 rings (SSSR count).